The van der Waals surface area contributed by atoms with Crippen molar-refractivity contribution in [3.8, 4) is 0 Å². The van der Waals surface area contributed by atoms with E-state index in [0.29, 0.717) is 11.4 Å². The lowest BCUT2D eigenvalue weighted by molar-refractivity contribution is 0.102. The molecular weight excluding hydrogens is 298 g/mol. The van der Waals surface area contributed by atoms with Crippen LogP contribution in [0.15, 0.2) is 79.0 Å². The first kappa shape index (κ1) is 15.7. The average Bonchev–Trinajstić information content (AvgIpc) is 2.64. The van der Waals surface area contributed by atoms with Crippen LogP contribution in [0.25, 0.3) is 0 Å². The number of pyridine rings is 1. The molecule has 0 bridgehead atoms. The van der Waals surface area contributed by atoms with Crippen LogP contribution in [-0.2, 0) is 6.54 Å². The first-order chi connectivity index (χ1) is 11.7. The molecule has 0 atom stereocenters. The smallest absolute Gasteiger partial charge is 0.256 e. The Bertz CT molecular complexity index is 786. The maximum Gasteiger partial charge on any atom is 0.256 e. The molecule has 3 rings (SSSR count). The molecule has 4 nitrogen and oxygen atoms in total. The molecule has 0 radical (unpaired) electrons. The molecule has 1 heterocycles. The van der Waals surface area contributed by atoms with Gasteiger partial charge in [0.25, 0.3) is 5.91 Å². The fourth-order valence-corrected chi connectivity index (χ4v) is 2.41. The van der Waals surface area contributed by atoms with E-state index in [-0.39, 0.29) is 5.91 Å². The summed E-state index contributed by atoms with van der Waals surface area (Å²) in [6.45, 7) is 0.804. The third-order valence-electron chi connectivity index (χ3n) is 3.73. The normalized spacial score (nSPS) is 10.2. The van der Waals surface area contributed by atoms with Crippen molar-refractivity contribution in [1.82, 2.24) is 4.98 Å². The van der Waals surface area contributed by atoms with E-state index < -0.39 is 0 Å². The molecule has 0 aliphatic carbocycles. The van der Waals surface area contributed by atoms with Crippen LogP contribution in [0.2, 0.25) is 0 Å². The first-order valence-corrected chi connectivity index (χ1v) is 7.80. The fraction of sp³-hybridized carbons (Fsp3) is 0.100. The van der Waals surface area contributed by atoms with Gasteiger partial charge < -0.3 is 10.2 Å². The summed E-state index contributed by atoms with van der Waals surface area (Å²) >= 11 is 0. The summed E-state index contributed by atoms with van der Waals surface area (Å²) in [7, 11) is 2.02. The van der Waals surface area contributed by atoms with Gasteiger partial charge in [-0.2, -0.15) is 0 Å². The Morgan fingerprint density at radius 3 is 2.25 bits per heavy atom. The zero-order valence-electron chi connectivity index (χ0n) is 13.5. The highest BCUT2D eigenvalue weighted by Gasteiger charge is 2.07. The number of aromatic nitrogens is 1. The van der Waals surface area contributed by atoms with Gasteiger partial charge in [0.1, 0.15) is 5.82 Å². The number of carbonyl (C=O) groups is 1. The van der Waals surface area contributed by atoms with Gasteiger partial charge in [0, 0.05) is 19.2 Å². The lowest BCUT2D eigenvalue weighted by Crippen LogP contribution is -2.17. The summed E-state index contributed by atoms with van der Waals surface area (Å²) in [6, 6.07) is 23.1. The van der Waals surface area contributed by atoms with Crippen molar-refractivity contribution >= 4 is 17.4 Å². The number of nitrogens with one attached hydrogen (secondary N) is 1. The Morgan fingerprint density at radius 2 is 1.62 bits per heavy atom. The number of hydrogen-bond donors (Lipinski definition) is 1. The second-order valence-electron chi connectivity index (χ2n) is 5.56. The molecule has 0 saturated heterocycles. The summed E-state index contributed by atoms with van der Waals surface area (Å²) in [6.07, 6.45) is 1.77. The number of benzene rings is 2. The van der Waals surface area contributed by atoms with Gasteiger partial charge in [0.2, 0.25) is 0 Å². The number of amides is 1. The number of hydrogen-bond acceptors (Lipinski definition) is 3. The molecular formula is C20H19N3O. The van der Waals surface area contributed by atoms with Crippen molar-refractivity contribution in [3.63, 3.8) is 0 Å². The molecule has 0 unspecified atom stereocenters. The number of carbonyl (C=O) groups excluding carboxylic acids is 1. The minimum absolute atomic E-state index is 0.159. The minimum Gasteiger partial charge on any atom is -0.369 e. The summed E-state index contributed by atoms with van der Waals surface area (Å²) < 4.78 is 0. The van der Waals surface area contributed by atoms with Crippen LogP contribution in [0.1, 0.15) is 15.9 Å². The summed E-state index contributed by atoms with van der Waals surface area (Å²) in [5.74, 6) is 0.384. The highest BCUT2D eigenvalue weighted by molar-refractivity contribution is 6.03. The van der Waals surface area contributed by atoms with E-state index >= 15 is 0 Å². The summed E-state index contributed by atoms with van der Waals surface area (Å²) in [5.41, 5.74) is 2.85. The van der Waals surface area contributed by atoms with Crippen LogP contribution in [-0.4, -0.2) is 17.9 Å². The second kappa shape index (κ2) is 7.42. The Hall–Kier alpha value is -3.14. The molecule has 0 aliphatic heterocycles. The van der Waals surface area contributed by atoms with Crippen LogP contribution in [0.5, 0.6) is 0 Å². The van der Waals surface area contributed by atoms with Crippen LogP contribution in [0, 0.1) is 0 Å². The van der Waals surface area contributed by atoms with Crippen molar-refractivity contribution in [2.75, 3.05) is 17.3 Å². The fourth-order valence-electron chi connectivity index (χ4n) is 2.41. The SMILES string of the molecule is CN(Cc1ccccc1)c1ccc(NC(=O)c2ccccc2)nc1. The minimum atomic E-state index is -0.159. The van der Waals surface area contributed by atoms with E-state index in [1.54, 1.807) is 18.3 Å². The van der Waals surface area contributed by atoms with Crippen LogP contribution in [0.3, 0.4) is 0 Å². The van der Waals surface area contributed by atoms with Gasteiger partial charge in [-0.3, -0.25) is 4.79 Å². The molecule has 0 saturated carbocycles. The van der Waals surface area contributed by atoms with Crippen LogP contribution < -0.4 is 10.2 Å². The largest absolute Gasteiger partial charge is 0.369 e. The van der Waals surface area contributed by atoms with E-state index in [4.69, 9.17) is 0 Å². The summed E-state index contributed by atoms with van der Waals surface area (Å²) in [4.78, 5) is 18.6. The maximum absolute atomic E-state index is 12.1. The topological polar surface area (TPSA) is 45.2 Å². The quantitative estimate of drug-likeness (QED) is 0.774. The predicted octanol–water partition coefficient (Wildman–Crippen LogP) is 3.97. The zero-order chi connectivity index (χ0) is 16.8. The molecule has 1 amide bonds. The Morgan fingerprint density at radius 1 is 0.958 bits per heavy atom. The van der Waals surface area contributed by atoms with E-state index in [2.05, 4.69) is 27.3 Å². The van der Waals surface area contributed by atoms with Gasteiger partial charge in [-0.25, -0.2) is 4.98 Å². The Balaban J connectivity index is 1.64. The molecule has 1 N–H and O–H groups in total. The van der Waals surface area contributed by atoms with Crippen LogP contribution in [0.4, 0.5) is 11.5 Å². The highest BCUT2D eigenvalue weighted by atomic mass is 16.1. The van der Waals surface area contributed by atoms with Gasteiger partial charge in [0.15, 0.2) is 0 Å². The molecule has 4 heteroatoms. The molecule has 3 aromatic rings. The van der Waals surface area contributed by atoms with E-state index in [1.807, 2.05) is 55.6 Å². The first-order valence-electron chi connectivity index (χ1n) is 7.80. The maximum atomic E-state index is 12.1. The van der Waals surface area contributed by atoms with Crippen LogP contribution >= 0.6 is 0 Å². The van der Waals surface area contributed by atoms with Gasteiger partial charge in [0.05, 0.1) is 11.9 Å². The monoisotopic (exact) mass is 317 g/mol. The molecule has 0 fully saturated rings. The Labute approximate surface area is 141 Å². The highest BCUT2D eigenvalue weighted by Crippen LogP contribution is 2.16. The number of anilines is 2. The van der Waals surface area contributed by atoms with E-state index in [9.17, 15) is 4.79 Å². The molecule has 120 valence electrons. The molecule has 2 aromatic carbocycles. The standard InChI is InChI=1S/C20H19N3O/c1-23(15-16-8-4-2-5-9-16)18-12-13-19(21-14-18)22-20(24)17-10-6-3-7-11-17/h2-14H,15H2,1H3,(H,21,22,24). The third-order valence-corrected chi connectivity index (χ3v) is 3.73. The third kappa shape index (κ3) is 3.98. The zero-order valence-corrected chi connectivity index (χ0v) is 13.5. The van der Waals surface area contributed by atoms with Crippen molar-refractivity contribution < 1.29 is 4.79 Å². The lowest BCUT2D eigenvalue weighted by atomic mass is 10.2. The van der Waals surface area contributed by atoms with Crippen molar-refractivity contribution in [3.05, 3.63) is 90.1 Å². The predicted molar refractivity (Wildman–Crippen MR) is 97.2 cm³/mol. The van der Waals surface area contributed by atoms with E-state index in [0.717, 1.165) is 12.2 Å². The van der Waals surface area contributed by atoms with Gasteiger partial charge in [-0.1, -0.05) is 48.5 Å². The second-order valence-corrected chi connectivity index (χ2v) is 5.56. The number of rotatable bonds is 5. The Kier molecular flexibility index (Phi) is 4.87. The van der Waals surface area contributed by atoms with Crippen molar-refractivity contribution in [2.24, 2.45) is 0 Å². The van der Waals surface area contributed by atoms with Gasteiger partial charge in [-0.15, -0.1) is 0 Å². The lowest BCUT2D eigenvalue weighted by Gasteiger charge is -2.19. The van der Waals surface area contributed by atoms with Crippen molar-refractivity contribution in [1.29, 1.82) is 0 Å². The summed E-state index contributed by atoms with van der Waals surface area (Å²) in [5, 5.41) is 2.81. The van der Waals surface area contributed by atoms with Gasteiger partial charge in [-0.05, 0) is 29.8 Å². The molecule has 0 aliphatic rings. The molecule has 1 aromatic heterocycles. The molecule has 0 spiro atoms. The number of nitrogens with zero attached hydrogens (tertiary/aromatic N) is 2. The molecule has 24 heavy (non-hydrogen) atoms. The van der Waals surface area contributed by atoms with Gasteiger partial charge >= 0.3 is 0 Å². The average molecular weight is 317 g/mol. The van der Waals surface area contributed by atoms with E-state index in [1.165, 1.54) is 5.56 Å². The van der Waals surface area contributed by atoms with Crippen molar-refractivity contribution in [2.45, 2.75) is 6.54 Å².